The van der Waals surface area contributed by atoms with E-state index in [1.807, 2.05) is 0 Å². The number of aromatic hydroxyl groups is 1. The van der Waals surface area contributed by atoms with Crippen LogP contribution in [0.15, 0.2) is 47.4 Å². The Kier molecular flexibility index (Phi) is 5.76. The number of hydrogen-bond acceptors (Lipinski definition) is 5. The summed E-state index contributed by atoms with van der Waals surface area (Å²) >= 11 is 0. The summed E-state index contributed by atoms with van der Waals surface area (Å²) in [5.41, 5.74) is -0.130. The van der Waals surface area contributed by atoms with Crippen LogP contribution < -0.4 is 5.43 Å². The molecule has 2 aromatic rings. The molecule has 0 amide bonds. The maximum absolute atomic E-state index is 12.2. The van der Waals surface area contributed by atoms with Gasteiger partial charge in [-0.3, -0.25) is 4.79 Å². The average Bonchev–Trinajstić information content (AvgIpc) is 2.59. The van der Waals surface area contributed by atoms with Crippen LogP contribution in [-0.2, 0) is 9.53 Å². The first kappa shape index (κ1) is 17.7. The third-order valence-electron chi connectivity index (χ3n) is 3.80. The largest absolute Gasteiger partial charge is 0.503 e. The van der Waals surface area contributed by atoms with Gasteiger partial charge >= 0.3 is 5.97 Å². The van der Waals surface area contributed by atoms with Gasteiger partial charge in [-0.05, 0) is 18.9 Å². The zero-order valence-electron chi connectivity index (χ0n) is 13.7. The monoisotopic (exact) mass is 331 g/mol. The van der Waals surface area contributed by atoms with Crippen LogP contribution in [0, 0.1) is 0 Å². The van der Waals surface area contributed by atoms with Crippen LogP contribution in [0.2, 0.25) is 0 Å². The lowest BCUT2D eigenvalue weighted by atomic mass is 10.0. The van der Waals surface area contributed by atoms with E-state index in [1.54, 1.807) is 44.2 Å². The molecule has 0 aliphatic carbocycles. The number of aromatic nitrogens is 1. The summed E-state index contributed by atoms with van der Waals surface area (Å²) in [4.78, 5) is 24.0. The average molecular weight is 331 g/mol. The van der Waals surface area contributed by atoms with Gasteiger partial charge in [0, 0.05) is 12.3 Å². The van der Waals surface area contributed by atoms with Gasteiger partial charge in [0.05, 0.1) is 12.3 Å². The summed E-state index contributed by atoms with van der Waals surface area (Å²) in [5, 5.41) is 20.9. The minimum Gasteiger partial charge on any atom is -0.503 e. The lowest BCUT2D eigenvalue weighted by Crippen LogP contribution is -2.27. The summed E-state index contributed by atoms with van der Waals surface area (Å²) in [6.07, 6.45) is 0.535. The zero-order valence-corrected chi connectivity index (χ0v) is 13.7. The fourth-order valence-electron chi connectivity index (χ4n) is 2.61. The van der Waals surface area contributed by atoms with Crippen LogP contribution in [0.4, 0.5) is 0 Å². The topological polar surface area (TPSA) is 88.8 Å². The van der Waals surface area contributed by atoms with Crippen molar-refractivity contribution in [1.29, 1.82) is 0 Å². The van der Waals surface area contributed by atoms with E-state index in [-0.39, 0.29) is 12.3 Å². The SMILES string of the molecule is CCOC(=O)C(CC)n1ccc(=O)c(O)c1C(O)c1ccccc1. The Morgan fingerprint density at radius 1 is 1.21 bits per heavy atom. The van der Waals surface area contributed by atoms with Crippen LogP contribution in [0.5, 0.6) is 5.75 Å². The quantitative estimate of drug-likeness (QED) is 0.792. The molecule has 2 unspecified atom stereocenters. The molecular weight excluding hydrogens is 310 g/mol. The van der Waals surface area contributed by atoms with Crippen LogP contribution in [0.25, 0.3) is 0 Å². The molecule has 6 heteroatoms. The predicted octanol–water partition coefficient (Wildman–Crippen LogP) is 2.15. The number of rotatable bonds is 6. The number of pyridine rings is 1. The Labute approximate surface area is 139 Å². The summed E-state index contributed by atoms with van der Waals surface area (Å²) in [5.74, 6) is -1.05. The van der Waals surface area contributed by atoms with Crippen LogP contribution in [0.1, 0.15) is 43.7 Å². The molecule has 0 spiro atoms. The van der Waals surface area contributed by atoms with Gasteiger partial charge in [-0.2, -0.15) is 0 Å². The van der Waals surface area contributed by atoms with Crippen molar-refractivity contribution in [2.24, 2.45) is 0 Å². The van der Waals surface area contributed by atoms with Gasteiger partial charge < -0.3 is 19.5 Å². The minimum absolute atomic E-state index is 0.0198. The summed E-state index contributed by atoms with van der Waals surface area (Å²) in [6, 6.07) is 9.05. The number of aliphatic hydroxyl groups is 1. The molecule has 0 saturated heterocycles. The van der Waals surface area contributed by atoms with Crippen LogP contribution >= 0.6 is 0 Å². The fraction of sp³-hybridized carbons (Fsp3) is 0.333. The highest BCUT2D eigenvalue weighted by molar-refractivity contribution is 5.74. The van der Waals surface area contributed by atoms with Crippen LogP contribution in [-0.4, -0.2) is 27.4 Å². The van der Waals surface area contributed by atoms with E-state index in [9.17, 15) is 19.8 Å². The predicted molar refractivity (Wildman–Crippen MR) is 88.8 cm³/mol. The third kappa shape index (κ3) is 3.49. The fourth-order valence-corrected chi connectivity index (χ4v) is 2.61. The smallest absolute Gasteiger partial charge is 0.329 e. The van der Waals surface area contributed by atoms with E-state index < -0.39 is 29.3 Å². The number of benzene rings is 1. The van der Waals surface area contributed by atoms with Gasteiger partial charge in [0.2, 0.25) is 5.43 Å². The van der Waals surface area contributed by atoms with Crippen molar-refractivity contribution in [3.8, 4) is 5.75 Å². The maximum Gasteiger partial charge on any atom is 0.329 e. The highest BCUT2D eigenvalue weighted by Gasteiger charge is 2.27. The lowest BCUT2D eigenvalue weighted by Gasteiger charge is -2.24. The van der Waals surface area contributed by atoms with Crippen molar-refractivity contribution < 1.29 is 19.7 Å². The van der Waals surface area contributed by atoms with Gasteiger partial charge in [0.1, 0.15) is 12.1 Å². The molecule has 1 aromatic carbocycles. The second-order valence-electron chi connectivity index (χ2n) is 5.31. The standard InChI is InChI=1S/C18H21NO5/c1-3-13(18(23)24-4-2)19-11-10-14(20)17(22)15(19)16(21)12-8-6-5-7-9-12/h5-11,13,16,21-22H,3-4H2,1-2H3. The van der Waals surface area contributed by atoms with E-state index in [0.717, 1.165) is 0 Å². The van der Waals surface area contributed by atoms with E-state index in [4.69, 9.17) is 4.74 Å². The molecule has 2 rings (SSSR count). The number of nitrogens with zero attached hydrogens (tertiary/aromatic N) is 1. The molecule has 0 aliphatic heterocycles. The molecule has 1 heterocycles. The highest BCUT2D eigenvalue weighted by atomic mass is 16.5. The van der Waals surface area contributed by atoms with Gasteiger partial charge in [0.25, 0.3) is 0 Å². The van der Waals surface area contributed by atoms with Crippen molar-refractivity contribution in [2.75, 3.05) is 6.61 Å². The first-order chi connectivity index (χ1) is 11.5. The molecule has 0 aliphatic rings. The highest BCUT2D eigenvalue weighted by Crippen LogP contribution is 2.30. The first-order valence-corrected chi connectivity index (χ1v) is 7.84. The first-order valence-electron chi connectivity index (χ1n) is 7.84. The Balaban J connectivity index is 2.59. The molecule has 0 saturated carbocycles. The van der Waals surface area contributed by atoms with E-state index in [0.29, 0.717) is 12.0 Å². The van der Waals surface area contributed by atoms with E-state index in [2.05, 4.69) is 0 Å². The normalized spacial score (nSPS) is 13.3. The molecule has 6 nitrogen and oxygen atoms in total. The second kappa shape index (κ2) is 7.79. The molecule has 1 aromatic heterocycles. The van der Waals surface area contributed by atoms with Crippen LogP contribution in [0.3, 0.4) is 0 Å². The molecular formula is C18H21NO5. The summed E-state index contributed by atoms with van der Waals surface area (Å²) in [7, 11) is 0. The van der Waals surface area contributed by atoms with Crippen molar-refractivity contribution in [3.05, 3.63) is 64.1 Å². The number of ether oxygens (including phenoxy) is 1. The third-order valence-corrected chi connectivity index (χ3v) is 3.80. The minimum atomic E-state index is -1.25. The second-order valence-corrected chi connectivity index (χ2v) is 5.31. The van der Waals surface area contributed by atoms with Gasteiger partial charge in [-0.1, -0.05) is 37.3 Å². The number of aliphatic hydroxyl groups excluding tert-OH is 1. The molecule has 24 heavy (non-hydrogen) atoms. The number of carbonyl (C=O) groups is 1. The van der Waals surface area contributed by atoms with E-state index >= 15 is 0 Å². The van der Waals surface area contributed by atoms with Gasteiger partial charge in [-0.25, -0.2) is 4.79 Å². The van der Waals surface area contributed by atoms with Gasteiger partial charge in [0.15, 0.2) is 5.75 Å². The van der Waals surface area contributed by atoms with E-state index in [1.165, 1.54) is 16.8 Å². The van der Waals surface area contributed by atoms with Crippen molar-refractivity contribution in [2.45, 2.75) is 32.4 Å². The molecule has 0 radical (unpaired) electrons. The number of carbonyl (C=O) groups excluding carboxylic acids is 1. The Morgan fingerprint density at radius 3 is 2.46 bits per heavy atom. The molecule has 2 N–H and O–H groups in total. The maximum atomic E-state index is 12.2. The molecule has 0 bridgehead atoms. The van der Waals surface area contributed by atoms with Crippen molar-refractivity contribution >= 4 is 5.97 Å². The Hall–Kier alpha value is -2.60. The molecule has 0 fully saturated rings. The van der Waals surface area contributed by atoms with Crippen molar-refractivity contribution in [1.82, 2.24) is 4.57 Å². The summed E-state index contributed by atoms with van der Waals surface area (Å²) in [6.45, 7) is 3.71. The zero-order chi connectivity index (χ0) is 17.7. The summed E-state index contributed by atoms with van der Waals surface area (Å²) < 4.78 is 6.47. The molecule has 128 valence electrons. The number of esters is 1. The Bertz CT molecular complexity index is 754. The van der Waals surface area contributed by atoms with Crippen molar-refractivity contribution in [3.63, 3.8) is 0 Å². The molecule has 2 atom stereocenters. The van der Waals surface area contributed by atoms with Gasteiger partial charge in [-0.15, -0.1) is 0 Å². The number of hydrogen-bond donors (Lipinski definition) is 2. The Morgan fingerprint density at radius 2 is 1.88 bits per heavy atom. The lowest BCUT2D eigenvalue weighted by molar-refractivity contribution is -0.147.